The maximum atomic E-state index is 12.8. The lowest BCUT2D eigenvalue weighted by Crippen LogP contribution is -2.40. The Kier molecular flexibility index (Phi) is 6.73. The number of aryl methyl sites for hydroxylation is 1. The zero-order valence-corrected chi connectivity index (χ0v) is 21.2. The Morgan fingerprint density at radius 3 is 2.74 bits per heavy atom. The SMILES string of the molecule is CN(C(=O)CCC(=O)c1ccc2c(c1)nc(Nc1nc3ccc(Cl)cc3s1)n2C)C1CCOCC1. The highest BCUT2D eigenvalue weighted by atomic mass is 35.5. The molecule has 0 spiro atoms. The lowest BCUT2D eigenvalue weighted by molar-refractivity contribution is -0.133. The second-order valence-electron chi connectivity index (χ2n) is 8.73. The maximum absolute atomic E-state index is 12.8. The number of carbonyl (C=O) groups is 2. The summed E-state index contributed by atoms with van der Waals surface area (Å²) < 4.78 is 8.29. The van der Waals surface area contributed by atoms with E-state index in [0.717, 1.165) is 28.6 Å². The number of imidazole rings is 1. The zero-order valence-electron chi connectivity index (χ0n) is 19.6. The first-order valence-electron chi connectivity index (χ1n) is 11.6. The molecular formula is C25H26ClN5O3S. The highest BCUT2D eigenvalue weighted by Gasteiger charge is 2.23. The third-order valence-corrected chi connectivity index (χ3v) is 7.64. The molecule has 0 aliphatic carbocycles. The van der Waals surface area contributed by atoms with Gasteiger partial charge in [-0.3, -0.25) is 9.59 Å². The molecule has 0 radical (unpaired) electrons. The number of thiazole rings is 1. The van der Waals surface area contributed by atoms with Crippen LogP contribution in [0.3, 0.4) is 0 Å². The number of benzene rings is 2. The number of nitrogens with one attached hydrogen (secondary N) is 1. The Morgan fingerprint density at radius 1 is 1.14 bits per heavy atom. The first-order valence-corrected chi connectivity index (χ1v) is 12.7. The molecule has 1 aliphatic rings. The predicted octanol–water partition coefficient (Wildman–Crippen LogP) is 5.18. The van der Waals surface area contributed by atoms with Crippen molar-refractivity contribution in [3.8, 4) is 0 Å². The van der Waals surface area contributed by atoms with Gasteiger partial charge in [0.25, 0.3) is 0 Å². The number of halogens is 1. The third-order valence-electron chi connectivity index (χ3n) is 6.47. The van der Waals surface area contributed by atoms with E-state index < -0.39 is 0 Å². The fraction of sp³-hybridized carbons (Fsp3) is 0.360. The predicted molar refractivity (Wildman–Crippen MR) is 139 cm³/mol. The van der Waals surface area contributed by atoms with E-state index in [4.69, 9.17) is 16.3 Å². The van der Waals surface area contributed by atoms with Crippen LogP contribution < -0.4 is 5.32 Å². The van der Waals surface area contributed by atoms with Crippen LogP contribution in [-0.2, 0) is 16.6 Å². The Balaban J connectivity index is 1.27. The molecule has 35 heavy (non-hydrogen) atoms. The number of hydrogen-bond acceptors (Lipinski definition) is 7. The van der Waals surface area contributed by atoms with Crippen LogP contribution in [0.15, 0.2) is 36.4 Å². The highest BCUT2D eigenvalue weighted by Crippen LogP contribution is 2.31. The summed E-state index contributed by atoms with van der Waals surface area (Å²) in [7, 11) is 3.73. The number of amides is 1. The van der Waals surface area contributed by atoms with Crippen molar-refractivity contribution in [3.05, 3.63) is 47.0 Å². The first-order chi connectivity index (χ1) is 16.9. The van der Waals surface area contributed by atoms with E-state index in [2.05, 4.69) is 15.3 Å². The minimum atomic E-state index is -0.0659. The van der Waals surface area contributed by atoms with Gasteiger partial charge in [-0.15, -0.1) is 0 Å². The molecule has 0 unspecified atom stereocenters. The van der Waals surface area contributed by atoms with E-state index in [0.29, 0.717) is 40.4 Å². The molecule has 3 heterocycles. The van der Waals surface area contributed by atoms with Gasteiger partial charge in [-0.25, -0.2) is 9.97 Å². The summed E-state index contributed by atoms with van der Waals surface area (Å²) in [5.41, 5.74) is 3.02. The van der Waals surface area contributed by atoms with Crippen molar-refractivity contribution in [2.24, 2.45) is 7.05 Å². The molecule has 5 rings (SSSR count). The minimum absolute atomic E-state index is 0.00669. The van der Waals surface area contributed by atoms with Gasteiger partial charge in [0.05, 0.1) is 21.3 Å². The average Bonchev–Trinajstić information content (AvgIpc) is 3.41. The summed E-state index contributed by atoms with van der Waals surface area (Å²) in [6, 6.07) is 11.2. The van der Waals surface area contributed by atoms with Crippen LogP contribution in [0.2, 0.25) is 5.02 Å². The third kappa shape index (κ3) is 5.03. The van der Waals surface area contributed by atoms with Gasteiger partial charge >= 0.3 is 0 Å². The number of ether oxygens (including phenoxy) is 1. The molecule has 2 aromatic carbocycles. The molecule has 0 bridgehead atoms. The van der Waals surface area contributed by atoms with Crippen LogP contribution in [0.4, 0.5) is 11.1 Å². The number of nitrogens with zero attached hydrogens (tertiary/aromatic N) is 4. The van der Waals surface area contributed by atoms with Crippen LogP contribution in [0.25, 0.3) is 21.3 Å². The molecule has 2 aromatic heterocycles. The van der Waals surface area contributed by atoms with Crippen molar-refractivity contribution >= 4 is 67.0 Å². The highest BCUT2D eigenvalue weighted by molar-refractivity contribution is 7.22. The van der Waals surface area contributed by atoms with Crippen LogP contribution in [0.1, 0.15) is 36.0 Å². The summed E-state index contributed by atoms with van der Waals surface area (Å²) in [5.74, 6) is 0.555. The summed E-state index contributed by atoms with van der Waals surface area (Å²) in [4.78, 5) is 36.5. The molecule has 1 fully saturated rings. The molecule has 1 amide bonds. The number of anilines is 2. The summed E-state index contributed by atoms with van der Waals surface area (Å²) in [6.45, 7) is 1.35. The van der Waals surface area contributed by atoms with Crippen molar-refractivity contribution in [3.63, 3.8) is 0 Å². The number of rotatable bonds is 7. The van der Waals surface area contributed by atoms with Gasteiger partial charge in [0, 0.05) is 56.8 Å². The molecule has 1 aliphatic heterocycles. The van der Waals surface area contributed by atoms with Gasteiger partial charge in [-0.05, 0) is 49.2 Å². The molecular weight excluding hydrogens is 486 g/mol. The molecule has 1 N–H and O–H groups in total. The quantitative estimate of drug-likeness (QED) is 0.344. The fourth-order valence-corrected chi connectivity index (χ4v) is 5.49. The van der Waals surface area contributed by atoms with Gasteiger partial charge < -0.3 is 19.5 Å². The molecule has 4 aromatic rings. The smallest absolute Gasteiger partial charge is 0.223 e. The average molecular weight is 512 g/mol. The van der Waals surface area contributed by atoms with Crippen molar-refractivity contribution in [1.82, 2.24) is 19.4 Å². The topological polar surface area (TPSA) is 89.4 Å². The number of ketones is 1. The number of Topliss-reactive ketones (excluding diaryl/α,β-unsaturated/α-hetero) is 1. The van der Waals surface area contributed by atoms with E-state index in [1.54, 1.807) is 17.0 Å². The standard InChI is InChI=1S/C25H26ClN5O3S/c1-30(17-9-11-34-12-10-17)23(33)8-7-21(32)15-3-6-20-19(13-15)27-24(31(20)2)29-25-28-18-5-4-16(26)14-22(18)35-25/h3-6,13-14,17H,7-12H2,1-2H3,(H,27,28,29). The van der Waals surface area contributed by atoms with Crippen LogP contribution >= 0.6 is 22.9 Å². The van der Waals surface area contributed by atoms with Crippen LogP contribution in [0, 0.1) is 0 Å². The van der Waals surface area contributed by atoms with E-state index >= 15 is 0 Å². The van der Waals surface area contributed by atoms with Gasteiger partial charge in [0.2, 0.25) is 11.9 Å². The molecule has 8 nitrogen and oxygen atoms in total. The second-order valence-corrected chi connectivity index (χ2v) is 10.2. The number of fused-ring (bicyclic) bond motifs is 2. The Morgan fingerprint density at radius 2 is 1.94 bits per heavy atom. The molecule has 182 valence electrons. The summed E-state index contributed by atoms with van der Waals surface area (Å²) >= 11 is 7.58. The Labute approximate surface area is 211 Å². The van der Waals surface area contributed by atoms with Crippen LogP contribution in [-0.4, -0.2) is 57.4 Å². The van der Waals surface area contributed by atoms with Crippen molar-refractivity contribution in [2.45, 2.75) is 31.7 Å². The van der Waals surface area contributed by atoms with E-state index in [9.17, 15) is 9.59 Å². The normalized spacial score (nSPS) is 14.5. The van der Waals surface area contributed by atoms with E-state index in [1.807, 2.05) is 42.9 Å². The summed E-state index contributed by atoms with van der Waals surface area (Å²) in [5, 5.41) is 4.66. The zero-order chi connectivity index (χ0) is 24.5. The van der Waals surface area contributed by atoms with E-state index in [1.165, 1.54) is 11.3 Å². The van der Waals surface area contributed by atoms with Gasteiger partial charge in [0.1, 0.15) is 0 Å². The number of carbonyl (C=O) groups excluding carboxylic acids is 2. The lowest BCUT2D eigenvalue weighted by Gasteiger charge is -2.31. The molecule has 0 atom stereocenters. The fourth-order valence-electron chi connectivity index (χ4n) is 4.35. The van der Waals surface area contributed by atoms with Crippen molar-refractivity contribution in [2.75, 3.05) is 25.6 Å². The monoisotopic (exact) mass is 511 g/mol. The van der Waals surface area contributed by atoms with Crippen LogP contribution in [0.5, 0.6) is 0 Å². The van der Waals surface area contributed by atoms with Gasteiger partial charge in [0.15, 0.2) is 10.9 Å². The van der Waals surface area contributed by atoms with Gasteiger partial charge in [-0.2, -0.15) is 0 Å². The largest absolute Gasteiger partial charge is 0.381 e. The van der Waals surface area contributed by atoms with Gasteiger partial charge in [-0.1, -0.05) is 22.9 Å². The molecule has 1 saturated heterocycles. The van der Waals surface area contributed by atoms with E-state index in [-0.39, 0.29) is 30.6 Å². The first kappa shape index (κ1) is 23.7. The lowest BCUT2D eigenvalue weighted by atomic mass is 10.0. The van der Waals surface area contributed by atoms with Crippen molar-refractivity contribution < 1.29 is 14.3 Å². The number of aromatic nitrogens is 3. The molecule has 0 saturated carbocycles. The second kappa shape index (κ2) is 9.93. The minimum Gasteiger partial charge on any atom is -0.381 e. The summed E-state index contributed by atoms with van der Waals surface area (Å²) in [6.07, 6.45) is 2.05. The number of hydrogen-bond donors (Lipinski definition) is 1. The Bertz CT molecular complexity index is 1410. The molecule has 10 heteroatoms. The maximum Gasteiger partial charge on any atom is 0.223 e. The Hall–Kier alpha value is -3.01. The van der Waals surface area contributed by atoms with Crippen molar-refractivity contribution in [1.29, 1.82) is 0 Å².